The number of fused-ring (bicyclic) bond motifs is 1. The van der Waals surface area contributed by atoms with E-state index in [0.717, 1.165) is 58.1 Å². The second-order valence-electron chi connectivity index (χ2n) is 13.6. The maximum atomic E-state index is 13.7. The van der Waals surface area contributed by atoms with Gasteiger partial charge in [0.05, 0.1) is 64.3 Å². The van der Waals surface area contributed by atoms with Crippen molar-refractivity contribution >= 4 is 29.1 Å². The maximum absolute atomic E-state index is 13.7. The van der Waals surface area contributed by atoms with Crippen LogP contribution in [0.15, 0.2) is 53.9 Å². The number of nitrogens with one attached hydrogen (secondary N) is 1. The predicted molar refractivity (Wildman–Crippen MR) is 170 cm³/mol. The number of aromatic nitrogens is 1. The highest BCUT2D eigenvalue weighted by atomic mass is 32.1. The van der Waals surface area contributed by atoms with E-state index in [1.165, 1.54) is 11.3 Å². The number of likely N-dealkylation sites (N-methyl/N-ethyl adjacent to an activating group) is 1. The first-order valence-electron chi connectivity index (χ1n) is 15.2. The highest BCUT2D eigenvalue weighted by Gasteiger charge is 2.46. The van der Waals surface area contributed by atoms with Crippen LogP contribution >= 0.6 is 11.3 Å². The van der Waals surface area contributed by atoms with Gasteiger partial charge >= 0.3 is 5.97 Å². The molecule has 0 atom stereocenters. The number of benzene rings is 2. The molecule has 1 saturated heterocycles. The lowest BCUT2D eigenvalue weighted by Crippen LogP contribution is -2.56. The van der Waals surface area contributed by atoms with Crippen molar-refractivity contribution < 1.29 is 28.3 Å². The Kier molecular flexibility index (Phi) is 9.13. The number of piperazine rings is 1. The Balaban J connectivity index is 1.16. The van der Waals surface area contributed by atoms with E-state index in [-0.39, 0.29) is 37.4 Å². The average Bonchev–Trinajstić information content (AvgIpc) is 3.59. The summed E-state index contributed by atoms with van der Waals surface area (Å²) in [6.07, 6.45) is 1.00. The van der Waals surface area contributed by atoms with Crippen molar-refractivity contribution in [2.45, 2.75) is 52.2 Å². The minimum atomic E-state index is -0.896. The number of quaternary nitrogens is 1. The summed E-state index contributed by atoms with van der Waals surface area (Å²) in [5.41, 5.74) is 2.38. The fourth-order valence-electron chi connectivity index (χ4n) is 5.80. The van der Waals surface area contributed by atoms with Crippen LogP contribution in [-0.4, -0.2) is 84.6 Å². The summed E-state index contributed by atoms with van der Waals surface area (Å²) in [4.78, 5) is 45.7. The molecule has 10 heteroatoms. The van der Waals surface area contributed by atoms with Gasteiger partial charge in [0.2, 0.25) is 5.91 Å². The summed E-state index contributed by atoms with van der Waals surface area (Å²) in [5, 5.41) is 5.79. The largest absolute Gasteiger partial charge is 0.484 e. The number of carbonyl (C=O) groups excluding carboxylic acids is 3. The van der Waals surface area contributed by atoms with Gasteiger partial charge in [0.25, 0.3) is 5.91 Å². The van der Waals surface area contributed by atoms with Gasteiger partial charge in [0.1, 0.15) is 16.4 Å². The number of hydrogen-bond acceptors (Lipinski definition) is 7. The standard InChI is InChI=1S/C34H42N4O5S/c1-33(2,3)43-31(40)20-34(18-25-8-6-7-9-26(25)19-34)32(41)35-21-29-36-28(23-44-29)24-10-12-27(13-11-24)42-22-30(39)37-14-16-38(4,5)17-15-37/h6-13,23H,14-22H2,1-5H3/p+1. The molecular weight excluding hydrogens is 576 g/mol. The van der Waals surface area contributed by atoms with E-state index in [2.05, 4.69) is 19.4 Å². The number of rotatable bonds is 9. The van der Waals surface area contributed by atoms with Gasteiger partial charge in [-0.1, -0.05) is 24.3 Å². The van der Waals surface area contributed by atoms with E-state index < -0.39 is 11.0 Å². The topological polar surface area (TPSA) is 97.8 Å². The van der Waals surface area contributed by atoms with Gasteiger partial charge in [-0.05, 0) is 69.0 Å². The summed E-state index contributed by atoms with van der Waals surface area (Å²) in [6, 6.07) is 15.5. The van der Waals surface area contributed by atoms with E-state index in [1.54, 1.807) is 0 Å². The zero-order valence-electron chi connectivity index (χ0n) is 26.4. The first kappa shape index (κ1) is 31.7. The fraction of sp³-hybridized carbons (Fsp3) is 0.471. The van der Waals surface area contributed by atoms with Crippen LogP contribution in [0.1, 0.15) is 43.3 Å². The Morgan fingerprint density at radius 1 is 1.00 bits per heavy atom. The van der Waals surface area contributed by atoms with E-state index in [0.29, 0.717) is 18.6 Å². The number of nitrogens with zero attached hydrogens (tertiary/aromatic N) is 3. The molecule has 9 nitrogen and oxygen atoms in total. The van der Waals surface area contributed by atoms with Crippen molar-refractivity contribution in [2.24, 2.45) is 5.41 Å². The van der Waals surface area contributed by atoms with Crippen molar-refractivity contribution in [3.8, 4) is 17.0 Å². The second kappa shape index (κ2) is 12.7. The number of esters is 1. The van der Waals surface area contributed by atoms with Crippen molar-refractivity contribution in [1.82, 2.24) is 15.2 Å². The minimum Gasteiger partial charge on any atom is -0.484 e. The highest BCUT2D eigenvalue weighted by molar-refractivity contribution is 7.09. The molecule has 1 aromatic heterocycles. The normalized spacial score (nSPS) is 17.1. The Hall–Kier alpha value is -3.76. The number of thiazole rings is 1. The summed E-state index contributed by atoms with van der Waals surface area (Å²) < 4.78 is 12.3. The molecule has 0 radical (unpaired) electrons. The van der Waals surface area contributed by atoms with Gasteiger partial charge in [-0.15, -0.1) is 11.3 Å². The third kappa shape index (κ3) is 7.84. The molecule has 0 spiro atoms. The van der Waals surface area contributed by atoms with Crippen LogP contribution < -0.4 is 10.1 Å². The molecule has 3 aromatic rings. The molecule has 0 bridgehead atoms. The van der Waals surface area contributed by atoms with Crippen LogP contribution in [0.25, 0.3) is 11.3 Å². The van der Waals surface area contributed by atoms with Crippen LogP contribution in [0.5, 0.6) is 5.75 Å². The molecule has 2 heterocycles. The van der Waals surface area contributed by atoms with Crippen LogP contribution in [0, 0.1) is 5.41 Å². The van der Waals surface area contributed by atoms with Crippen LogP contribution in [-0.2, 0) is 38.5 Å². The Morgan fingerprint density at radius 2 is 1.64 bits per heavy atom. The van der Waals surface area contributed by atoms with Crippen LogP contribution in [0.3, 0.4) is 0 Å². The number of amides is 2. The van der Waals surface area contributed by atoms with E-state index >= 15 is 0 Å². The van der Waals surface area contributed by atoms with Gasteiger partial charge in [-0.25, -0.2) is 4.98 Å². The Bertz CT molecular complexity index is 1470. The van der Waals surface area contributed by atoms with Crippen molar-refractivity contribution in [3.05, 3.63) is 70.0 Å². The highest BCUT2D eigenvalue weighted by Crippen LogP contribution is 2.41. The molecule has 2 amide bonds. The molecule has 2 aliphatic rings. The molecular formula is C34H43N4O5S+. The van der Waals surface area contributed by atoms with Gasteiger partial charge in [0, 0.05) is 10.9 Å². The SMILES string of the molecule is CC(C)(C)OC(=O)CC1(C(=O)NCc2nc(-c3ccc(OCC(=O)N4CC[N+](C)(C)CC4)cc3)cs2)Cc2ccccc2C1. The molecule has 1 fully saturated rings. The lowest BCUT2D eigenvalue weighted by Gasteiger charge is -2.38. The molecule has 234 valence electrons. The van der Waals surface area contributed by atoms with Gasteiger partial charge in [-0.3, -0.25) is 14.4 Å². The predicted octanol–water partition coefficient (Wildman–Crippen LogP) is 4.24. The zero-order chi connectivity index (χ0) is 31.5. The van der Waals surface area contributed by atoms with E-state index in [9.17, 15) is 14.4 Å². The molecule has 1 aliphatic carbocycles. The third-order valence-electron chi connectivity index (χ3n) is 8.33. The maximum Gasteiger partial charge on any atom is 0.307 e. The van der Waals surface area contributed by atoms with Gasteiger partial charge in [-0.2, -0.15) is 0 Å². The monoisotopic (exact) mass is 619 g/mol. The molecule has 44 heavy (non-hydrogen) atoms. The smallest absolute Gasteiger partial charge is 0.307 e. The molecule has 1 N–H and O–H groups in total. The molecule has 1 aliphatic heterocycles. The van der Waals surface area contributed by atoms with Gasteiger partial charge < -0.3 is 24.2 Å². The fourth-order valence-corrected chi connectivity index (χ4v) is 6.54. The summed E-state index contributed by atoms with van der Waals surface area (Å²) >= 11 is 1.47. The van der Waals surface area contributed by atoms with Gasteiger partial charge in [0.15, 0.2) is 6.61 Å². The number of hydrogen-bond donors (Lipinski definition) is 1. The first-order chi connectivity index (χ1) is 20.8. The molecule has 0 unspecified atom stereocenters. The van der Waals surface area contributed by atoms with Crippen molar-refractivity contribution in [1.29, 1.82) is 0 Å². The Labute approximate surface area is 263 Å². The number of carbonyl (C=O) groups is 3. The third-order valence-corrected chi connectivity index (χ3v) is 9.18. The minimum absolute atomic E-state index is 0.00863. The molecule has 5 rings (SSSR count). The zero-order valence-corrected chi connectivity index (χ0v) is 27.2. The Morgan fingerprint density at radius 3 is 2.25 bits per heavy atom. The molecule has 2 aromatic carbocycles. The van der Waals surface area contributed by atoms with Crippen molar-refractivity contribution in [2.75, 3.05) is 46.9 Å². The van der Waals surface area contributed by atoms with Crippen LogP contribution in [0.2, 0.25) is 0 Å². The lowest BCUT2D eigenvalue weighted by atomic mass is 9.80. The average molecular weight is 620 g/mol. The quantitative estimate of drug-likeness (QED) is 0.284. The first-order valence-corrected chi connectivity index (χ1v) is 16.0. The van der Waals surface area contributed by atoms with Crippen molar-refractivity contribution in [3.63, 3.8) is 0 Å². The summed E-state index contributed by atoms with van der Waals surface area (Å²) in [5.74, 6) is 0.100. The number of ether oxygens (including phenoxy) is 2. The second-order valence-corrected chi connectivity index (χ2v) is 14.5. The summed E-state index contributed by atoms with van der Waals surface area (Å²) in [6.45, 7) is 9.18. The summed E-state index contributed by atoms with van der Waals surface area (Å²) in [7, 11) is 4.36. The van der Waals surface area contributed by atoms with E-state index in [1.807, 2.05) is 79.6 Å². The lowest BCUT2D eigenvalue weighted by molar-refractivity contribution is -0.894. The van der Waals surface area contributed by atoms with Crippen LogP contribution in [0.4, 0.5) is 0 Å². The van der Waals surface area contributed by atoms with E-state index in [4.69, 9.17) is 14.5 Å². The molecule has 0 saturated carbocycles.